The van der Waals surface area contributed by atoms with Crippen molar-refractivity contribution in [3.63, 3.8) is 0 Å². The van der Waals surface area contributed by atoms with Gasteiger partial charge in [-0.1, -0.05) is 24.3 Å². The van der Waals surface area contributed by atoms with Gasteiger partial charge in [-0.3, -0.25) is 15.0 Å². The molecule has 2 amide bonds. The van der Waals surface area contributed by atoms with Crippen LogP contribution in [0.15, 0.2) is 48.5 Å². The van der Waals surface area contributed by atoms with Gasteiger partial charge < -0.3 is 14.8 Å². The van der Waals surface area contributed by atoms with Crippen LogP contribution >= 0.6 is 0 Å². The summed E-state index contributed by atoms with van der Waals surface area (Å²) in [6.45, 7) is 1.13. The van der Waals surface area contributed by atoms with Gasteiger partial charge in [-0.25, -0.2) is 4.79 Å². The van der Waals surface area contributed by atoms with Crippen molar-refractivity contribution in [2.75, 3.05) is 32.6 Å². The van der Waals surface area contributed by atoms with Crippen molar-refractivity contribution in [3.8, 4) is 5.75 Å². The molecule has 1 saturated heterocycles. The summed E-state index contributed by atoms with van der Waals surface area (Å²) in [5, 5.41) is 5.58. The van der Waals surface area contributed by atoms with Crippen LogP contribution in [0.2, 0.25) is 0 Å². The lowest BCUT2D eigenvalue weighted by molar-refractivity contribution is -0.125. The number of carbonyl (C=O) groups excluding carboxylic acids is 2. The number of piperazine rings is 1. The summed E-state index contributed by atoms with van der Waals surface area (Å²) < 4.78 is 10.3. The molecule has 0 radical (unpaired) electrons. The number of rotatable bonds is 5. The van der Waals surface area contributed by atoms with Gasteiger partial charge in [-0.15, -0.1) is 0 Å². The molecule has 0 aromatic heterocycles. The monoisotopic (exact) mass is 369 g/mol. The topological polar surface area (TPSA) is 79.9 Å². The Balaban J connectivity index is 1.51. The van der Waals surface area contributed by atoms with Gasteiger partial charge in [0.05, 0.1) is 19.7 Å². The fourth-order valence-corrected chi connectivity index (χ4v) is 2.94. The van der Waals surface area contributed by atoms with E-state index in [0.29, 0.717) is 18.8 Å². The van der Waals surface area contributed by atoms with Crippen molar-refractivity contribution in [3.05, 3.63) is 59.7 Å². The van der Waals surface area contributed by atoms with Gasteiger partial charge in [-0.2, -0.15) is 0 Å². The Morgan fingerprint density at radius 3 is 2.52 bits per heavy atom. The van der Waals surface area contributed by atoms with Crippen LogP contribution in [-0.2, 0) is 16.1 Å². The van der Waals surface area contributed by atoms with Gasteiger partial charge in [-0.05, 0) is 42.4 Å². The molecule has 142 valence electrons. The van der Waals surface area contributed by atoms with Crippen LogP contribution in [0.3, 0.4) is 0 Å². The third kappa shape index (κ3) is 4.98. The van der Waals surface area contributed by atoms with Gasteiger partial charge >= 0.3 is 6.09 Å². The zero-order chi connectivity index (χ0) is 19.2. The molecule has 1 heterocycles. The third-order valence-corrected chi connectivity index (χ3v) is 4.49. The summed E-state index contributed by atoms with van der Waals surface area (Å²) in [5.74, 6) is 0.790. The molecule has 0 spiro atoms. The molecule has 7 nitrogen and oxygen atoms in total. The van der Waals surface area contributed by atoms with E-state index in [1.54, 1.807) is 7.11 Å². The highest BCUT2D eigenvalue weighted by molar-refractivity contribution is 5.84. The molecule has 3 rings (SSSR count). The Labute approximate surface area is 158 Å². The van der Waals surface area contributed by atoms with Gasteiger partial charge in [0.1, 0.15) is 12.4 Å². The predicted molar refractivity (Wildman–Crippen MR) is 102 cm³/mol. The molecule has 1 atom stereocenters. The van der Waals surface area contributed by atoms with E-state index >= 15 is 0 Å². The Hall–Kier alpha value is -3.06. The minimum Gasteiger partial charge on any atom is -0.497 e. The fraction of sp³-hybridized carbons (Fsp3) is 0.300. The molecule has 7 heteroatoms. The Kier molecular flexibility index (Phi) is 5.93. The lowest BCUT2D eigenvalue weighted by Gasteiger charge is -2.32. The second-order valence-corrected chi connectivity index (χ2v) is 6.41. The van der Waals surface area contributed by atoms with Crippen LogP contribution in [-0.4, -0.2) is 44.1 Å². The molecule has 1 aliphatic heterocycles. The second kappa shape index (κ2) is 8.55. The summed E-state index contributed by atoms with van der Waals surface area (Å²) in [7, 11) is 3.53. The summed E-state index contributed by atoms with van der Waals surface area (Å²) >= 11 is 0. The number of methoxy groups -OCH3 is 1. The number of anilines is 1. The lowest BCUT2D eigenvalue weighted by Crippen LogP contribution is -2.47. The molecule has 1 aliphatic rings. The van der Waals surface area contributed by atoms with Crippen molar-refractivity contribution in [1.29, 1.82) is 0 Å². The first-order valence-electron chi connectivity index (χ1n) is 8.69. The van der Waals surface area contributed by atoms with Crippen LogP contribution in [0.1, 0.15) is 17.2 Å². The summed E-state index contributed by atoms with van der Waals surface area (Å²) in [6.07, 6.45) is -0.513. The molecule has 0 saturated carbocycles. The van der Waals surface area contributed by atoms with Crippen molar-refractivity contribution in [2.24, 2.45) is 0 Å². The Morgan fingerprint density at radius 1 is 1.19 bits per heavy atom. The highest BCUT2D eigenvalue weighted by Crippen LogP contribution is 2.22. The van der Waals surface area contributed by atoms with Crippen molar-refractivity contribution in [2.45, 2.75) is 12.6 Å². The third-order valence-electron chi connectivity index (χ3n) is 4.49. The Bertz CT molecular complexity index is 790. The zero-order valence-corrected chi connectivity index (χ0v) is 15.4. The maximum absolute atomic E-state index is 12.0. The van der Waals surface area contributed by atoms with Crippen molar-refractivity contribution in [1.82, 2.24) is 10.2 Å². The Morgan fingerprint density at radius 2 is 1.89 bits per heavy atom. The molecule has 2 N–H and O–H groups in total. The first kappa shape index (κ1) is 18.7. The van der Waals surface area contributed by atoms with E-state index in [-0.39, 0.29) is 18.6 Å². The van der Waals surface area contributed by atoms with Gasteiger partial charge in [0.25, 0.3) is 0 Å². The van der Waals surface area contributed by atoms with Crippen molar-refractivity contribution >= 4 is 17.7 Å². The summed E-state index contributed by atoms with van der Waals surface area (Å²) in [6, 6.07) is 15.0. The molecule has 0 aliphatic carbocycles. The largest absolute Gasteiger partial charge is 0.497 e. The summed E-state index contributed by atoms with van der Waals surface area (Å²) in [4.78, 5) is 25.4. The van der Waals surface area contributed by atoms with E-state index in [2.05, 4.69) is 10.6 Å². The number of nitrogens with zero attached hydrogens (tertiary/aromatic N) is 1. The van der Waals surface area contributed by atoms with Gasteiger partial charge in [0, 0.05) is 12.2 Å². The smallest absolute Gasteiger partial charge is 0.411 e. The molecule has 0 bridgehead atoms. The van der Waals surface area contributed by atoms with Gasteiger partial charge in [0.2, 0.25) is 5.91 Å². The van der Waals surface area contributed by atoms with Crippen LogP contribution in [0.25, 0.3) is 0 Å². The maximum Gasteiger partial charge on any atom is 0.411 e. The number of ether oxygens (including phenoxy) is 2. The highest BCUT2D eigenvalue weighted by atomic mass is 16.5. The number of benzene rings is 2. The highest BCUT2D eigenvalue weighted by Gasteiger charge is 2.24. The SMILES string of the molecule is COc1ccc(COC(=O)Nc2ccc(C3CNC(=O)CN3C)cc2)cc1. The molecule has 2 aromatic rings. The van der Waals surface area contributed by atoms with E-state index in [4.69, 9.17) is 9.47 Å². The molecular weight excluding hydrogens is 346 g/mol. The van der Waals surface area contributed by atoms with Gasteiger partial charge in [0.15, 0.2) is 0 Å². The zero-order valence-electron chi connectivity index (χ0n) is 15.4. The maximum atomic E-state index is 12.0. The second-order valence-electron chi connectivity index (χ2n) is 6.41. The summed E-state index contributed by atoms with van der Waals surface area (Å²) in [5.41, 5.74) is 2.61. The van der Waals surface area contributed by atoms with Crippen LogP contribution in [0, 0.1) is 0 Å². The van der Waals surface area contributed by atoms with Crippen LogP contribution in [0.5, 0.6) is 5.75 Å². The molecule has 1 unspecified atom stereocenters. The quantitative estimate of drug-likeness (QED) is 0.847. The fourth-order valence-electron chi connectivity index (χ4n) is 2.94. The van der Waals surface area contributed by atoms with E-state index < -0.39 is 6.09 Å². The number of likely N-dealkylation sites (N-methyl/N-ethyl adjacent to an activating group) is 1. The van der Waals surface area contributed by atoms with E-state index in [9.17, 15) is 9.59 Å². The van der Waals surface area contributed by atoms with Crippen molar-refractivity contribution < 1.29 is 19.1 Å². The lowest BCUT2D eigenvalue weighted by atomic mass is 10.0. The standard InChI is InChI=1S/C20H23N3O4/c1-23-12-19(24)21-11-18(23)15-5-7-16(8-6-15)22-20(25)27-13-14-3-9-17(26-2)10-4-14/h3-10,18H,11-13H2,1-2H3,(H,21,24)(H,22,25). The van der Waals surface area contributed by atoms with Crippen LogP contribution in [0.4, 0.5) is 10.5 Å². The number of hydrogen-bond acceptors (Lipinski definition) is 5. The molecule has 1 fully saturated rings. The molecule has 27 heavy (non-hydrogen) atoms. The van der Waals surface area contributed by atoms with E-state index in [1.165, 1.54) is 0 Å². The minimum absolute atomic E-state index is 0.0339. The normalized spacial score (nSPS) is 17.1. The number of carbonyl (C=O) groups is 2. The first-order valence-corrected chi connectivity index (χ1v) is 8.69. The molecule has 2 aromatic carbocycles. The first-order chi connectivity index (χ1) is 13.0. The van der Waals surface area contributed by atoms with E-state index in [1.807, 2.05) is 60.5 Å². The number of hydrogen-bond donors (Lipinski definition) is 2. The minimum atomic E-state index is -0.513. The number of nitrogens with one attached hydrogen (secondary N) is 2. The molecular formula is C20H23N3O4. The average molecular weight is 369 g/mol. The van der Waals surface area contributed by atoms with E-state index in [0.717, 1.165) is 16.9 Å². The average Bonchev–Trinajstić information content (AvgIpc) is 2.68. The number of amides is 2. The predicted octanol–water partition coefficient (Wildman–Crippen LogP) is 2.55. The van der Waals surface area contributed by atoms with Crippen LogP contribution < -0.4 is 15.4 Å².